The highest BCUT2D eigenvalue weighted by Crippen LogP contribution is 2.45. The molecule has 5 heteroatoms. The van der Waals surface area contributed by atoms with Crippen LogP contribution in [0.5, 0.6) is 0 Å². The largest absolute Gasteiger partial charge is 0.480 e. The molecule has 0 bridgehead atoms. The first-order valence-electron chi connectivity index (χ1n) is 6.96. The molecule has 0 saturated heterocycles. The van der Waals surface area contributed by atoms with Gasteiger partial charge in [-0.15, -0.1) is 11.8 Å². The van der Waals surface area contributed by atoms with Crippen molar-refractivity contribution in [3.63, 3.8) is 0 Å². The molecule has 1 aliphatic heterocycles. The second-order valence-electron chi connectivity index (χ2n) is 6.19. The average molecular weight is 285 g/mol. The highest BCUT2D eigenvalue weighted by atomic mass is 32.2. The van der Waals surface area contributed by atoms with Gasteiger partial charge in [-0.2, -0.15) is 0 Å². The predicted octanol–water partition coefficient (Wildman–Crippen LogP) is 2.96. The zero-order valence-electron chi connectivity index (χ0n) is 11.9. The maximum Gasteiger partial charge on any atom is 0.329 e. The minimum atomic E-state index is -0.828. The lowest BCUT2D eigenvalue weighted by atomic mass is 9.71. The SMILES string of the molecule is CCOC1(C2=NC(C(=O)O)CS2)CCC(C)(C)CC1. The van der Waals surface area contributed by atoms with Crippen molar-refractivity contribution < 1.29 is 14.6 Å². The number of carboxylic acids is 1. The molecule has 108 valence electrons. The van der Waals surface area contributed by atoms with Crippen molar-refractivity contribution in [1.82, 2.24) is 0 Å². The summed E-state index contributed by atoms with van der Waals surface area (Å²) in [6.45, 7) is 7.22. The molecule has 1 saturated carbocycles. The third-order valence-corrected chi connectivity index (χ3v) is 5.39. The van der Waals surface area contributed by atoms with Crippen LogP contribution in [0.4, 0.5) is 0 Å². The summed E-state index contributed by atoms with van der Waals surface area (Å²) < 4.78 is 6.03. The van der Waals surface area contributed by atoms with Crippen molar-refractivity contribution in [2.75, 3.05) is 12.4 Å². The third-order valence-electron chi connectivity index (χ3n) is 4.16. The summed E-state index contributed by atoms with van der Waals surface area (Å²) in [6.07, 6.45) is 4.10. The van der Waals surface area contributed by atoms with Crippen LogP contribution in [0.1, 0.15) is 46.5 Å². The third kappa shape index (κ3) is 3.14. The van der Waals surface area contributed by atoms with E-state index in [1.807, 2.05) is 6.92 Å². The average Bonchev–Trinajstić information content (AvgIpc) is 2.83. The fraction of sp³-hybridized carbons (Fsp3) is 0.857. The molecule has 0 aromatic heterocycles. The van der Waals surface area contributed by atoms with Gasteiger partial charge in [0.15, 0.2) is 6.04 Å². The zero-order chi connectivity index (χ0) is 14.1. The summed E-state index contributed by atoms with van der Waals surface area (Å²) in [7, 11) is 0. The molecule has 2 rings (SSSR count). The molecule has 0 aromatic rings. The van der Waals surface area contributed by atoms with Gasteiger partial charge in [-0.3, -0.25) is 4.99 Å². The van der Waals surface area contributed by atoms with Crippen molar-refractivity contribution in [2.45, 2.75) is 58.1 Å². The Morgan fingerprint density at radius 2 is 2.05 bits per heavy atom. The van der Waals surface area contributed by atoms with Gasteiger partial charge in [0.2, 0.25) is 0 Å². The van der Waals surface area contributed by atoms with Gasteiger partial charge in [-0.1, -0.05) is 13.8 Å². The first-order chi connectivity index (χ1) is 8.88. The van der Waals surface area contributed by atoms with Crippen LogP contribution in [-0.2, 0) is 9.53 Å². The molecule has 2 aliphatic rings. The van der Waals surface area contributed by atoms with E-state index < -0.39 is 12.0 Å². The van der Waals surface area contributed by atoms with Crippen LogP contribution in [0, 0.1) is 5.41 Å². The fourth-order valence-electron chi connectivity index (χ4n) is 2.78. The Hall–Kier alpha value is -0.550. The molecule has 1 atom stereocenters. The van der Waals surface area contributed by atoms with E-state index in [-0.39, 0.29) is 5.60 Å². The van der Waals surface area contributed by atoms with Gasteiger partial charge >= 0.3 is 5.97 Å². The smallest absolute Gasteiger partial charge is 0.329 e. The molecule has 1 heterocycles. The predicted molar refractivity (Wildman–Crippen MR) is 77.9 cm³/mol. The Morgan fingerprint density at radius 1 is 1.42 bits per heavy atom. The van der Waals surface area contributed by atoms with Gasteiger partial charge in [0, 0.05) is 12.4 Å². The molecule has 4 nitrogen and oxygen atoms in total. The number of hydrogen-bond acceptors (Lipinski definition) is 4. The minimum Gasteiger partial charge on any atom is -0.480 e. The zero-order valence-corrected chi connectivity index (χ0v) is 12.8. The quantitative estimate of drug-likeness (QED) is 0.862. The van der Waals surface area contributed by atoms with E-state index in [9.17, 15) is 4.79 Å². The van der Waals surface area contributed by atoms with Crippen molar-refractivity contribution >= 4 is 22.8 Å². The minimum absolute atomic E-state index is 0.320. The number of ether oxygens (including phenoxy) is 1. The topological polar surface area (TPSA) is 58.9 Å². The lowest BCUT2D eigenvalue weighted by Crippen LogP contribution is -2.45. The maximum absolute atomic E-state index is 11.0. The standard InChI is InChI=1S/C14H23NO3S/c1-4-18-14(7-5-13(2,3)6-8-14)12-15-10(9-19-12)11(16)17/h10H,4-9H2,1-3H3,(H,16,17). The molecule has 1 N–H and O–H groups in total. The highest BCUT2D eigenvalue weighted by Gasteiger charge is 2.45. The van der Waals surface area contributed by atoms with E-state index >= 15 is 0 Å². The number of carbonyl (C=O) groups is 1. The summed E-state index contributed by atoms with van der Waals surface area (Å²) in [5, 5.41) is 9.98. The molecule has 0 spiro atoms. The van der Waals surface area contributed by atoms with Crippen molar-refractivity contribution in [3.8, 4) is 0 Å². The van der Waals surface area contributed by atoms with Gasteiger partial charge in [-0.05, 0) is 38.0 Å². The lowest BCUT2D eigenvalue weighted by molar-refractivity contribution is -0.137. The van der Waals surface area contributed by atoms with Crippen molar-refractivity contribution in [3.05, 3.63) is 0 Å². The van der Waals surface area contributed by atoms with Crippen molar-refractivity contribution in [1.29, 1.82) is 0 Å². The van der Waals surface area contributed by atoms with Crippen LogP contribution in [0.15, 0.2) is 4.99 Å². The Labute approximate surface area is 119 Å². The van der Waals surface area contributed by atoms with Crippen LogP contribution >= 0.6 is 11.8 Å². The fourth-order valence-corrected chi connectivity index (χ4v) is 4.04. The number of rotatable bonds is 4. The van der Waals surface area contributed by atoms with E-state index in [2.05, 4.69) is 18.8 Å². The van der Waals surface area contributed by atoms with Gasteiger partial charge in [0.1, 0.15) is 10.6 Å². The number of aliphatic carboxylic acids is 1. The number of aliphatic imine (C=N–C) groups is 1. The molecule has 0 radical (unpaired) electrons. The first-order valence-corrected chi connectivity index (χ1v) is 7.95. The molecule has 19 heavy (non-hydrogen) atoms. The normalized spacial score (nSPS) is 29.0. The van der Waals surface area contributed by atoms with Crippen molar-refractivity contribution in [2.24, 2.45) is 10.4 Å². The van der Waals surface area contributed by atoms with Crippen LogP contribution in [0.3, 0.4) is 0 Å². The second kappa shape index (κ2) is 5.44. The molecule has 0 aromatic carbocycles. The van der Waals surface area contributed by atoms with Gasteiger partial charge in [0.25, 0.3) is 0 Å². The Bertz CT molecular complexity index is 382. The monoisotopic (exact) mass is 285 g/mol. The number of hydrogen-bond donors (Lipinski definition) is 1. The summed E-state index contributed by atoms with van der Waals surface area (Å²) in [5.41, 5.74) is 0.0375. The van der Waals surface area contributed by atoms with Gasteiger partial charge in [0.05, 0.1) is 0 Å². The Balaban J connectivity index is 2.17. The Kier molecular flexibility index (Phi) is 4.26. The number of nitrogens with zero attached hydrogens (tertiary/aromatic N) is 1. The van der Waals surface area contributed by atoms with E-state index in [1.54, 1.807) is 11.8 Å². The van der Waals surface area contributed by atoms with E-state index in [0.717, 1.165) is 30.7 Å². The van der Waals surface area contributed by atoms with E-state index in [4.69, 9.17) is 9.84 Å². The summed E-state index contributed by atoms with van der Waals surface area (Å²) >= 11 is 1.57. The van der Waals surface area contributed by atoms with E-state index in [0.29, 0.717) is 17.8 Å². The van der Waals surface area contributed by atoms with Crippen LogP contribution in [0.25, 0.3) is 0 Å². The summed E-state index contributed by atoms with van der Waals surface area (Å²) in [6, 6.07) is -0.590. The van der Waals surface area contributed by atoms with Crippen LogP contribution < -0.4 is 0 Å². The van der Waals surface area contributed by atoms with E-state index in [1.165, 1.54) is 0 Å². The highest BCUT2D eigenvalue weighted by molar-refractivity contribution is 8.14. The summed E-state index contributed by atoms with van der Waals surface area (Å²) in [5.74, 6) is -0.284. The summed E-state index contributed by atoms with van der Waals surface area (Å²) in [4.78, 5) is 15.4. The first kappa shape index (κ1) is 14.9. The molecule has 1 unspecified atom stereocenters. The Morgan fingerprint density at radius 3 is 2.53 bits per heavy atom. The molecule has 1 fully saturated rings. The van der Waals surface area contributed by atoms with Gasteiger partial charge in [-0.25, -0.2) is 4.79 Å². The molecule has 1 aliphatic carbocycles. The number of carboxylic acid groups (broad SMARTS) is 1. The van der Waals surface area contributed by atoms with Gasteiger partial charge < -0.3 is 9.84 Å². The van der Waals surface area contributed by atoms with Crippen LogP contribution in [-0.4, -0.2) is 40.1 Å². The molecule has 0 amide bonds. The lowest BCUT2D eigenvalue weighted by Gasteiger charge is -2.43. The van der Waals surface area contributed by atoms with Crippen LogP contribution in [0.2, 0.25) is 0 Å². The molecular weight excluding hydrogens is 262 g/mol. The molecular formula is C14H23NO3S. The number of thioether (sulfide) groups is 1. The second-order valence-corrected chi connectivity index (χ2v) is 7.20. The maximum atomic E-state index is 11.0.